The molecule has 0 radical (unpaired) electrons. The van der Waals surface area contributed by atoms with Crippen LogP contribution in [-0.4, -0.2) is 34.7 Å². The Morgan fingerprint density at radius 2 is 2.33 bits per heavy atom. The molecule has 0 aromatic rings. The molecule has 6 heteroatoms. The highest BCUT2D eigenvalue weighted by Crippen LogP contribution is 2.07. The molecule has 0 aromatic heterocycles. The van der Waals surface area contributed by atoms with Crippen LogP contribution in [0.1, 0.15) is 6.42 Å². The molecule has 2 aliphatic rings. The van der Waals surface area contributed by atoms with Crippen LogP contribution >= 0.6 is 0 Å². The van der Waals surface area contributed by atoms with Gasteiger partial charge in [-0.05, 0) is 0 Å². The lowest BCUT2D eigenvalue weighted by Gasteiger charge is -2.04. The van der Waals surface area contributed by atoms with E-state index < -0.39 is 5.97 Å². The number of fused-ring (bicyclic) bond motifs is 1. The van der Waals surface area contributed by atoms with Crippen LogP contribution in [0.15, 0.2) is 20.2 Å². The van der Waals surface area contributed by atoms with Crippen molar-refractivity contribution in [3.8, 4) is 0 Å². The Kier molecular flexibility index (Phi) is 1.33. The second-order valence-electron chi connectivity index (χ2n) is 2.27. The Bertz CT molecular complexity index is 364. The minimum atomic E-state index is -1.06. The van der Waals surface area contributed by atoms with Crippen LogP contribution in [0.3, 0.4) is 0 Å². The van der Waals surface area contributed by atoms with Gasteiger partial charge in [-0.1, -0.05) is 0 Å². The summed E-state index contributed by atoms with van der Waals surface area (Å²) in [4.78, 5) is 18.1. The first-order chi connectivity index (χ1) is 5.77. The third-order valence-electron chi connectivity index (χ3n) is 1.50. The van der Waals surface area contributed by atoms with Crippen molar-refractivity contribution in [2.75, 3.05) is 0 Å². The number of carboxylic acids is 1. The SMILES string of the molecule is O=C(O)C1=NN=C2N=CN=C2C1. The third kappa shape index (κ3) is 0.931. The summed E-state index contributed by atoms with van der Waals surface area (Å²) in [7, 11) is 0. The van der Waals surface area contributed by atoms with Crippen molar-refractivity contribution in [1.29, 1.82) is 0 Å². The standard InChI is InChI=1S/C6H4N4O2/c11-6(12)4-1-3-5(10-9-4)8-2-7-3/h2H,1H2,(H,11,12). The first-order valence-electron chi connectivity index (χ1n) is 3.25. The fraction of sp³-hybridized carbons (Fsp3) is 0.167. The van der Waals surface area contributed by atoms with Gasteiger partial charge >= 0.3 is 5.97 Å². The minimum Gasteiger partial charge on any atom is -0.477 e. The zero-order valence-electron chi connectivity index (χ0n) is 5.93. The quantitative estimate of drug-likeness (QED) is 0.577. The summed E-state index contributed by atoms with van der Waals surface area (Å²) >= 11 is 0. The summed E-state index contributed by atoms with van der Waals surface area (Å²) in [6.07, 6.45) is 1.54. The van der Waals surface area contributed by atoms with Crippen LogP contribution in [0, 0.1) is 0 Å². The van der Waals surface area contributed by atoms with E-state index in [-0.39, 0.29) is 12.1 Å². The second kappa shape index (κ2) is 2.33. The zero-order chi connectivity index (χ0) is 8.55. The molecule has 1 N–H and O–H groups in total. The molecule has 0 aliphatic carbocycles. The van der Waals surface area contributed by atoms with Gasteiger partial charge in [-0.15, -0.1) is 10.2 Å². The largest absolute Gasteiger partial charge is 0.477 e. The molecule has 6 nitrogen and oxygen atoms in total. The Morgan fingerprint density at radius 3 is 3.08 bits per heavy atom. The van der Waals surface area contributed by atoms with Gasteiger partial charge in [-0.3, -0.25) is 0 Å². The van der Waals surface area contributed by atoms with Gasteiger partial charge < -0.3 is 5.11 Å². The van der Waals surface area contributed by atoms with E-state index in [2.05, 4.69) is 20.2 Å². The molecule has 12 heavy (non-hydrogen) atoms. The zero-order valence-corrected chi connectivity index (χ0v) is 5.93. The summed E-state index contributed by atoms with van der Waals surface area (Å²) in [5.74, 6) is -0.646. The fourth-order valence-electron chi connectivity index (χ4n) is 0.914. The number of amidine groups is 1. The Labute approximate surface area is 67.1 Å². The maximum absolute atomic E-state index is 10.4. The van der Waals surface area contributed by atoms with Crippen LogP contribution in [0.25, 0.3) is 0 Å². The van der Waals surface area contributed by atoms with E-state index in [9.17, 15) is 4.79 Å². The monoisotopic (exact) mass is 164 g/mol. The second-order valence-corrected chi connectivity index (χ2v) is 2.27. The van der Waals surface area contributed by atoms with Gasteiger partial charge in [0.05, 0.1) is 5.71 Å². The van der Waals surface area contributed by atoms with E-state index in [1.165, 1.54) is 6.34 Å². The third-order valence-corrected chi connectivity index (χ3v) is 1.50. The Balaban J connectivity index is 2.33. The smallest absolute Gasteiger partial charge is 0.352 e. The topological polar surface area (TPSA) is 86.7 Å². The first-order valence-corrected chi connectivity index (χ1v) is 3.25. The van der Waals surface area contributed by atoms with Crippen LogP contribution in [-0.2, 0) is 4.79 Å². The number of hydrogen-bond acceptors (Lipinski definition) is 5. The molecule has 0 spiro atoms. The van der Waals surface area contributed by atoms with Gasteiger partial charge in [-0.25, -0.2) is 14.8 Å². The summed E-state index contributed by atoms with van der Waals surface area (Å²) in [5, 5.41) is 15.6. The lowest BCUT2D eigenvalue weighted by atomic mass is 10.1. The molecule has 0 bridgehead atoms. The number of nitrogens with zero attached hydrogens (tertiary/aromatic N) is 4. The summed E-state index contributed by atoms with van der Waals surface area (Å²) in [6, 6.07) is 0. The maximum Gasteiger partial charge on any atom is 0.352 e. The number of hydrogen-bond donors (Lipinski definition) is 1. The molecule has 2 heterocycles. The van der Waals surface area contributed by atoms with Gasteiger partial charge in [0.25, 0.3) is 0 Å². The molecule has 2 rings (SSSR count). The fourth-order valence-corrected chi connectivity index (χ4v) is 0.914. The average molecular weight is 164 g/mol. The first kappa shape index (κ1) is 6.84. The highest BCUT2D eigenvalue weighted by atomic mass is 16.4. The summed E-state index contributed by atoms with van der Waals surface area (Å²) in [6.45, 7) is 0. The maximum atomic E-state index is 10.4. The Hall–Kier alpha value is -1.85. The number of rotatable bonds is 1. The van der Waals surface area contributed by atoms with Gasteiger partial charge in [0.1, 0.15) is 6.34 Å². The van der Waals surface area contributed by atoms with Crippen molar-refractivity contribution >= 4 is 29.6 Å². The Morgan fingerprint density at radius 1 is 1.50 bits per heavy atom. The molecule has 2 aliphatic heterocycles. The minimum absolute atomic E-state index is 0.00278. The van der Waals surface area contributed by atoms with Crippen molar-refractivity contribution in [3.05, 3.63) is 0 Å². The van der Waals surface area contributed by atoms with Crippen molar-refractivity contribution in [2.24, 2.45) is 20.2 Å². The van der Waals surface area contributed by atoms with Crippen LogP contribution in [0.5, 0.6) is 0 Å². The average Bonchev–Trinajstić information content (AvgIpc) is 2.49. The van der Waals surface area contributed by atoms with E-state index in [1.807, 2.05) is 0 Å². The molecule has 0 amide bonds. The molecule has 0 saturated heterocycles. The van der Waals surface area contributed by atoms with Gasteiger partial charge in [0.2, 0.25) is 0 Å². The van der Waals surface area contributed by atoms with Crippen molar-refractivity contribution in [1.82, 2.24) is 0 Å². The molecule has 0 saturated carbocycles. The highest BCUT2D eigenvalue weighted by molar-refractivity contribution is 6.54. The van der Waals surface area contributed by atoms with Crippen LogP contribution in [0.4, 0.5) is 0 Å². The highest BCUT2D eigenvalue weighted by Gasteiger charge is 2.22. The number of aliphatic imine (C=N–C) groups is 2. The molecular formula is C6H4N4O2. The van der Waals surface area contributed by atoms with Crippen molar-refractivity contribution in [2.45, 2.75) is 6.42 Å². The van der Waals surface area contributed by atoms with Gasteiger partial charge in [0, 0.05) is 6.42 Å². The normalized spacial score (nSPS) is 19.5. The number of carboxylic acid groups (broad SMARTS) is 1. The molecule has 0 atom stereocenters. The van der Waals surface area contributed by atoms with E-state index in [4.69, 9.17) is 5.11 Å². The van der Waals surface area contributed by atoms with Crippen LogP contribution < -0.4 is 0 Å². The summed E-state index contributed by atoms with van der Waals surface area (Å²) < 4.78 is 0. The number of carbonyl (C=O) groups is 1. The lowest BCUT2D eigenvalue weighted by Crippen LogP contribution is -2.23. The molecule has 60 valence electrons. The van der Waals surface area contributed by atoms with Crippen molar-refractivity contribution in [3.63, 3.8) is 0 Å². The van der Waals surface area contributed by atoms with Gasteiger partial charge in [-0.2, -0.15) is 0 Å². The van der Waals surface area contributed by atoms with E-state index in [0.29, 0.717) is 11.5 Å². The number of aliphatic carboxylic acids is 1. The van der Waals surface area contributed by atoms with E-state index in [1.54, 1.807) is 0 Å². The molecule has 0 aromatic carbocycles. The van der Waals surface area contributed by atoms with Crippen LogP contribution in [0.2, 0.25) is 0 Å². The summed E-state index contributed by atoms with van der Waals surface area (Å²) in [5.41, 5.74) is 0.574. The molecule has 0 fully saturated rings. The van der Waals surface area contributed by atoms with Gasteiger partial charge in [0.15, 0.2) is 11.5 Å². The predicted octanol–water partition coefficient (Wildman–Crippen LogP) is -0.288. The van der Waals surface area contributed by atoms with Crippen molar-refractivity contribution < 1.29 is 9.90 Å². The molecular weight excluding hydrogens is 160 g/mol. The molecule has 0 unspecified atom stereocenters. The lowest BCUT2D eigenvalue weighted by molar-refractivity contribution is -0.129. The van der Waals surface area contributed by atoms with E-state index in [0.717, 1.165) is 0 Å². The van der Waals surface area contributed by atoms with E-state index >= 15 is 0 Å². The predicted molar refractivity (Wildman–Crippen MR) is 43.0 cm³/mol.